The highest BCUT2D eigenvalue weighted by molar-refractivity contribution is 8.02. The summed E-state index contributed by atoms with van der Waals surface area (Å²) in [6.45, 7) is 0. The highest BCUT2D eigenvalue weighted by Gasteiger charge is 2.28. The lowest BCUT2D eigenvalue weighted by Crippen LogP contribution is -2.03. The summed E-state index contributed by atoms with van der Waals surface area (Å²) < 4.78 is 0. The van der Waals surface area contributed by atoms with E-state index in [9.17, 15) is 0 Å². The largest absolute Gasteiger partial charge is 0.147 e. The highest BCUT2D eigenvalue weighted by Crippen LogP contribution is 2.49. The molecule has 2 heterocycles. The summed E-state index contributed by atoms with van der Waals surface area (Å²) >= 11 is 3.84. The molecule has 0 fully saturated rings. The van der Waals surface area contributed by atoms with Crippen LogP contribution < -0.4 is 0 Å². The fraction of sp³-hybridized carbons (Fsp3) is 0.200. The van der Waals surface area contributed by atoms with Crippen molar-refractivity contribution in [3.63, 3.8) is 0 Å². The van der Waals surface area contributed by atoms with Crippen molar-refractivity contribution < 1.29 is 0 Å². The molecular weight excluding hydrogens is 184 g/mol. The molecule has 2 heteroatoms. The van der Waals surface area contributed by atoms with Crippen LogP contribution >= 0.6 is 23.1 Å². The van der Waals surface area contributed by atoms with Crippen molar-refractivity contribution in [3.8, 4) is 0 Å². The molecule has 0 saturated heterocycles. The lowest BCUT2D eigenvalue weighted by Gasteiger charge is -2.18. The van der Waals surface area contributed by atoms with E-state index in [1.165, 1.54) is 5.56 Å². The van der Waals surface area contributed by atoms with Gasteiger partial charge in [0.25, 0.3) is 0 Å². The van der Waals surface area contributed by atoms with Crippen LogP contribution in [0.1, 0.15) is 15.7 Å². The minimum atomic E-state index is 0.654. The number of hydrogen-bond acceptors (Lipinski definition) is 2. The SMILES string of the molecule is C1=CC2C=Cc3ccsc3C2S1. The van der Waals surface area contributed by atoms with E-state index in [2.05, 4.69) is 35.1 Å². The van der Waals surface area contributed by atoms with Gasteiger partial charge in [-0.1, -0.05) is 18.2 Å². The molecule has 1 aromatic heterocycles. The molecule has 0 radical (unpaired) electrons. The van der Waals surface area contributed by atoms with Crippen molar-refractivity contribution in [1.29, 1.82) is 0 Å². The van der Waals surface area contributed by atoms with E-state index in [1.54, 1.807) is 4.88 Å². The number of allylic oxidation sites excluding steroid dienone is 2. The van der Waals surface area contributed by atoms with Gasteiger partial charge in [-0.3, -0.25) is 0 Å². The predicted molar refractivity (Wildman–Crippen MR) is 56.3 cm³/mol. The zero-order valence-electron chi connectivity index (χ0n) is 6.44. The first-order valence-electron chi connectivity index (χ1n) is 4.03. The Morgan fingerprint density at radius 3 is 3.25 bits per heavy atom. The highest BCUT2D eigenvalue weighted by atomic mass is 32.2. The summed E-state index contributed by atoms with van der Waals surface area (Å²) in [7, 11) is 0. The molecule has 2 atom stereocenters. The van der Waals surface area contributed by atoms with Crippen molar-refractivity contribution in [2.45, 2.75) is 5.25 Å². The summed E-state index contributed by atoms with van der Waals surface area (Å²) in [4.78, 5) is 1.55. The molecule has 1 aromatic rings. The molecular formula is C10H8S2. The Balaban J connectivity index is 2.15. The van der Waals surface area contributed by atoms with E-state index in [1.807, 2.05) is 23.1 Å². The van der Waals surface area contributed by atoms with Gasteiger partial charge in [0.2, 0.25) is 0 Å². The summed E-state index contributed by atoms with van der Waals surface area (Å²) in [6, 6.07) is 2.21. The average Bonchev–Trinajstić information content (AvgIpc) is 2.71. The van der Waals surface area contributed by atoms with Crippen LogP contribution in [0.2, 0.25) is 0 Å². The van der Waals surface area contributed by atoms with Gasteiger partial charge in [-0.25, -0.2) is 0 Å². The van der Waals surface area contributed by atoms with Crippen LogP contribution in [0.25, 0.3) is 6.08 Å². The van der Waals surface area contributed by atoms with Gasteiger partial charge in [0.1, 0.15) is 0 Å². The van der Waals surface area contributed by atoms with Crippen LogP contribution in [-0.4, -0.2) is 0 Å². The Morgan fingerprint density at radius 2 is 2.25 bits per heavy atom. The van der Waals surface area contributed by atoms with Crippen LogP contribution in [0.15, 0.2) is 29.0 Å². The number of thioether (sulfide) groups is 1. The van der Waals surface area contributed by atoms with Gasteiger partial charge >= 0.3 is 0 Å². The first kappa shape index (κ1) is 6.98. The monoisotopic (exact) mass is 192 g/mol. The van der Waals surface area contributed by atoms with Crippen LogP contribution in [0.3, 0.4) is 0 Å². The van der Waals surface area contributed by atoms with Gasteiger partial charge < -0.3 is 0 Å². The standard InChI is InChI=1S/C10H8S2/c1-2-8-4-6-12-10(8)9-7(1)3-5-11-9/h1-7,9H. The molecule has 1 aliphatic heterocycles. The number of hydrogen-bond donors (Lipinski definition) is 0. The predicted octanol–water partition coefficient (Wildman–Crippen LogP) is 3.69. The minimum absolute atomic E-state index is 0.654. The van der Waals surface area contributed by atoms with Crippen molar-refractivity contribution in [3.05, 3.63) is 39.4 Å². The Bertz CT molecular complexity index is 360. The van der Waals surface area contributed by atoms with E-state index < -0.39 is 0 Å². The van der Waals surface area contributed by atoms with Crippen LogP contribution in [-0.2, 0) is 0 Å². The van der Waals surface area contributed by atoms with Gasteiger partial charge in [-0.05, 0) is 22.4 Å². The molecule has 0 bridgehead atoms. The summed E-state index contributed by atoms with van der Waals surface area (Å²) in [6.07, 6.45) is 6.87. The van der Waals surface area contributed by atoms with Gasteiger partial charge in [0, 0.05) is 10.8 Å². The minimum Gasteiger partial charge on any atom is -0.147 e. The van der Waals surface area contributed by atoms with Crippen molar-refractivity contribution in [1.82, 2.24) is 0 Å². The molecule has 0 nitrogen and oxygen atoms in total. The Kier molecular flexibility index (Phi) is 1.46. The van der Waals surface area contributed by atoms with Crippen LogP contribution in [0.4, 0.5) is 0 Å². The second kappa shape index (κ2) is 2.51. The maximum absolute atomic E-state index is 2.32. The van der Waals surface area contributed by atoms with E-state index in [-0.39, 0.29) is 0 Å². The summed E-state index contributed by atoms with van der Waals surface area (Å²) in [5.74, 6) is 0.654. The third-order valence-electron chi connectivity index (χ3n) is 2.36. The maximum atomic E-state index is 2.32. The molecule has 3 rings (SSSR count). The Hall–Kier alpha value is -0.470. The normalized spacial score (nSPS) is 30.3. The average molecular weight is 192 g/mol. The van der Waals surface area contributed by atoms with Crippen molar-refractivity contribution >= 4 is 29.2 Å². The Morgan fingerprint density at radius 1 is 1.25 bits per heavy atom. The molecule has 0 N–H and O–H groups in total. The van der Waals surface area contributed by atoms with E-state index in [0.717, 1.165) is 0 Å². The zero-order valence-corrected chi connectivity index (χ0v) is 8.07. The molecule has 0 spiro atoms. The molecule has 0 amide bonds. The van der Waals surface area contributed by atoms with Gasteiger partial charge in [-0.15, -0.1) is 23.1 Å². The number of fused-ring (bicyclic) bond motifs is 3. The number of rotatable bonds is 0. The van der Waals surface area contributed by atoms with E-state index in [4.69, 9.17) is 0 Å². The first-order chi connectivity index (χ1) is 5.95. The quantitative estimate of drug-likeness (QED) is 0.604. The maximum Gasteiger partial charge on any atom is 0.0535 e. The van der Waals surface area contributed by atoms with Crippen molar-refractivity contribution in [2.75, 3.05) is 0 Å². The second-order valence-electron chi connectivity index (χ2n) is 3.06. The molecule has 1 aliphatic carbocycles. The molecule has 2 aliphatic rings. The third kappa shape index (κ3) is 0.852. The topological polar surface area (TPSA) is 0 Å². The number of thiophene rings is 1. The fourth-order valence-electron chi connectivity index (χ4n) is 1.73. The van der Waals surface area contributed by atoms with E-state index in [0.29, 0.717) is 11.2 Å². The summed E-state index contributed by atoms with van der Waals surface area (Å²) in [5, 5.41) is 5.11. The van der Waals surface area contributed by atoms with Gasteiger partial charge in [-0.2, -0.15) is 0 Å². The molecule has 2 unspecified atom stereocenters. The fourth-order valence-corrected chi connectivity index (χ4v) is 4.05. The zero-order chi connectivity index (χ0) is 7.97. The lowest BCUT2D eigenvalue weighted by atomic mass is 9.96. The van der Waals surface area contributed by atoms with Gasteiger partial charge in [0.05, 0.1) is 5.25 Å². The molecule has 0 aromatic carbocycles. The summed E-state index contributed by atoms with van der Waals surface area (Å²) in [5.41, 5.74) is 1.43. The molecule has 60 valence electrons. The smallest absolute Gasteiger partial charge is 0.0535 e. The van der Waals surface area contributed by atoms with Gasteiger partial charge in [0.15, 0.2) is 0 Å². The van der Waals surface area contributed by atoms with Crippen LogP contribution in [0.5, 0.6) is 0 Å². The first-order valence-corrected chi connectivity index (χ1v) is 5.85. The van der Waals surface area contributed by atoms with Crippen LogP contribution in [0, 0.1) is 5.92 Å². The Labute approximate surface area is 80.0 Å². The third-order valence-corrected chi connectivity index (χ3v) is 4.68. The molecule has 12 heavy (non-hydrogen) atoms. The molecule has 0 saturated carbocycles. The second-order valence-corrected chi connectivity index (χ2v) is 5.06. The van der Waals surface area contributed by atoms with Crippen molar-refractivity contribution in [2.24, 2.45) is 5.92 Å². The van der Waals surface area contributed by atoms with E-state index >= 15 is 0 Å². The lowest BCUT2D eigenvalue weighted by molar-refractivity contribution is 0.804.